The van der Waals surface area contributed by atoms with Crippen LogP contribution in [0.2, 0.25) is 0 Å². The number of nitro benzene ring substituents is 1. The Labute approximate surface area is 141 Å². The summed E-state index contributed by atoms with van der Waals surface area (Å²) in [5.41, 5.74) is 6.77. The van der Waals surface area contributed by atoms with E-state index in [-0.39, 0.29) is 17.1 Å². The molecule has 25 heavy (non-hydrogen) atoms. The lowest BCUT2D eigenvalue weighted by Gasteiger charge is -2.09. The number of hydrogen-bond donors (Lipinski definition) is 3. The van der Waals surface area contributed by atoms with Gasteiger partial charge in [-0.25, -0.2) is 9.37 Å². The summed E-state index contributed by atoms with van der Waals surface area (Å²) >= 11 is 0. The van der Waals surface area contributed by atoms with E-state index in [0.717, 1.165) is 6.07 Å². The molecule has 0 saturated carbocycles. The summed E-state index contributed by atoms with van der Waals surface area (Å²) in [6, 6.07) is 8.14. The molecular weight excluding hydrogens is 329 g/mol. The molecule has 9 heteroatoms. The zero-order chi connectivity index (χ0) is 18.0. The molecule has 3 aromatic rings. The Morgan fingerprint density at radius 2 is 2.12 bits per heavy atom. The summed E-state index contributed by atoms with van der Waals surface area (Å²) in [6.07, 6.45) is 0.478. The highest BCUT2D eigenvalue weighted by atomic mass is 19.1. The first-order chi connectivity index (χ1) is 11.9. The number of nitro groups is 1. The largest absolute Gasteiger partial charge is 0.384 e. The van der Waals surface area contributed by atoms with Crippen LogP contribution < -0.4 is 11.1 Å². The number of nitrogens with one attached hydrogen (secondary N) is 2. The number of nitrogens with two attached hydrogens (primary N) is 1. The van der Waals surface area contributed by atoms with E-state index in [1.54, 1.807) is 6.07 Å². The first-order valence-corrected chi connectivity index (χ1v) is 7.40. The van der Waals surface area contributed by atoms with Gasteiger partial charge in [-0.15, -0.1) is 0 Å². The zero-order valence-corrected chi connectivity index (χ0v) is 13.0. The predicted molar refractivity (Wildman–Crippen MR) is 89.9 cm³/mol. The Balaban J connectivity index is 1.72. The molecule has 0 aliphatic carbocycles. The lowest BCUT2D eigenvalue weighted by atomic mass is 10.1. The molecule has 0 aliphatic heterocycles. The van der Waals surface area contributed by atoms with E-state index in [0.29, 0.717) is 35.5 Å². The van der Waals surface area contributed by atoms with Crippen molar-refractivity contribution in [2.45, 2.75) is 6.42 Å². The van der Waals surface area contributed by atoms with Crippen molar-refractivity contribution in [3.8, 4) is 0 Å². The highest BCUT2D eigenvalue weighted by Gasteiger charge is 2.14. The first-order valence-electron chi connectivity index (χ1n) is 7.40. The molecule has 0 unspecified atom stereocenters. The second kappa shape index (κ2) is 6.56. The average molecular weight is 343 g/mol. The van der Waals surface area contributed by atoms with Crippen molar-refractivity contribution in [1.29, 1.82) is 0 Å². The summed E-state index contributed by atoms with van der Waals surface area (Å²) in [5.74, 6) is -0.459. The van der Waals surface area contributed by atoms with Gasteiger partial charge in [-0.2, -0.15) is 0 Å². The van der Waals surface area contributed by atoms with Gasteiger partial charge in [0.1, 0.15) is 11.6 Å². The lowest BCUT2D eigenvalue weighted by Crippen LogP contribution is -2.16. The van der Waals surface area contributed by atoms with Crippen molar-refractivity contribution in [3.63, 3.8) is 0 Å². The Morgan fingerprint density at radius 1 is 1.32 bits per heavy atom. The molecule has 128 valence electrons. The lowest BCUT2D eigenvalue weighted by molar-refractivity contribution is -0.384. The number of H-pyrrole nitrogens is 1. The smallest absolute Gasteiger partial charge is 0.270 e. The molecule has 1 heterocycles. The second-order valence-corrected chi connectivity index (χ2v) is 5.37. The number of aromatic nitrogens is 2. The molecule has 1 amide bonds. The number of halogens is 1. The van der Waals surface area contributed by atoms with E-state index < -0.39 is 10.8 Å². The molecule has 0 spiro atoms. The molecule has 8 nitrogen and oxygen atoms in total. The second-order valence-electron chi connectivity index (χ2n) is 5.37. The third kappa shape index (κ3) is 3.55. The van der Waals surface area contributed by atoms with E-state index in [4.69, 9.17) is 5.73 Å². The van der Waals surface area contributed by atoms with Crippen LogP contribution in [-0.2, 0) is 6.42 Å². The number of carbonyl (C=O) groups excluding carboxylic acids is 1. The molecule has 0 radical (unpaired) electrons. The third-order valence-electron chi connectivity index (χ3n) is 3.65. The molecule has 0 bridgehead atoms. The number of primary amides is 1. The highest BCUT2D eigenvalue weighted by molar-refractivity contribution is 5.99. The van der Waals surface area contributed by atoms with Crippen molar-refractivity contribution < 1.29 is 14.1 Å². The molecule has 1 aromatic heterocycles. The Bertz CT molecular complexity index is 970. The number of rotatable bonds is 6. The van der Waals surface area contributed by atoms with Crippen LogP contribution in [0.25, 0.3) is 11.0 Å². The molecule has 3 rings (SSSR count). The fourth-order valence-corrected chi connectivity index (χ4v) is 2.47. The fraction of sp³-hybridized carbons (Fsp3) is 0.125. The van der Waals surface area contributed by atoms with Gasteiger partial charge in [0.05, 0.1) is 21.5 Å². The van der Waals surface area contributed by atoms with E-state index in [9.17, 15) is 19.3 Å². The third-order valence-corrected chi connectivity index (χ3v) is 3.65. The monoisotopic (exact) mass is 343 g/mol. The van der Waals surface area contributed by atoms with Gasteiger partial charge in [0.2, 0.25) is 0 Å². The number of non-ortho nitro benzene ring substituents is 1. The summed E-state index contributed by atoms with van der Waals surface area (Å²) in [4.78, 5) is 29.0. The SMILES string of the molecule is NC(=O)c1cc([N+](=O)[O-])ccc1NCCc1nc2ccc(F)cc2[nH]1. The minimum atomic E-state index is -0.759. The molecule has 4 N–H and O–H groups in total. The molecule has 2 aromatic carbocycles. The predicted octanol–water partition coefficient (Wildman–Crippen LogP) is 2.36. The van der Waals surface area contributed by atoms with Crippen molar-refractivity contribution in [2.75, 3.05) is 11.9 Å². The number of anilines is 1. The van der Waals surface area contributed by atoms with Crippen LogP contribution in [0.1, 0.15) is 16.2 Å². The fourth-order valence-electron chi connectivity index (χ4n) is 2.47. The van der Waals surface area contributed by atoms with Gasteiger partial charge in [-0.3, -0.25) is 14.9 Å². The van der Waals surface area contributed by atoms with E-state index in [1.807, 2.05) is 0 Å². The minimum Gasteiger partial charge on any atom is -0.384 e. The number of fused-ring (bicyclic) bond motifs is 1. The van der Waals surface area contributed by atoms with Gasteiger partial charge in [-0.05, 0) is 24.3 Å². The molecule has 0 saturated heterocycles. The average Bonchev–Trinajstić information content (AvgIpc) is 2.96. The van der Waals surface area contributed by atoms with E-state index >= 15 is 0 Å². The van der Waals surface area contributed by atoms with Crippen molar-refractivity contribution in [1.82, 2.24) is 9.97 Å². The number of nitrogens with zero attached hydrogens (tertiary/aromatic N) is 2. The normalized spacial score (nSPS) is 10.8. The number of carbonyl (C=O) groups is 1. The Hall–Kier alpha value is -3.49. The standard InChI is InChI=1S/C16H14FN5O3/c17-9-1-3-13-14(7-9)21-15(20-13)5-6-19-12-4-2-10(22(24)25)8-11(12)16(18)23/h1-4,7-8,19H,5-6H2,(H2,18,23)(H,20,21). The maximum Gasteiger partial charge on any atom is 0.270 e. The van der Waals surface area contributed by atoms with Crippen LogP contribution in [0.3, 0.4) is 0 Å². The number of imidazole rings is 1. The highest BCUT2D eigenvalue weighted by Crippen LogP contribution is 2.22. The van der Waals surface area contributed by atoms with Gasteiger partial charge in [-0.1, -0.05) is 0 Å². The summed E-state index contributed by atoms with van der Waals surface area (Å²) in [7, 11) is 0. The van der Waals surface area contributed by atoms with E-state index in [2.05, 4.69) is 15.3 Å². The van der Waals surface area contributed by atoms with Gasteiger partial charge in [0.25, 0.3) is 11.6 Å². The molecule has 0 atom stereocenters. The quantitative estimate of drug-likeness (QED) is 0.468. The Morgan fingerprint density at radius 3 is 2.84 bits per heavy atom. The van der Waals surface area contributed by atoms with E-state index in [1.165, 1.54) is 24.3 Å². The van der Waals surface area contributed by atoms with Crippen LogP contribution in [0.5, 0.6) is 0 Å². The number of hydrogen-bond acceptors (Lipinski definition) is 5. The number of aromatic amines is 1. The maximum absolute atomic E-state index is 13.2. The number of benzene rings is 2. The van der Waals surface area contributed by atoms with Crippen molar-refractivity contribution in [3.05, 3.63) is 63.7 Å². The number of amides is 1. The van der Waals surface area contributed by atoms with Gasteiger partial charge >= 0.3 is 0 Å². The van der Waals surface area contributed by atoms with Crippen LogP contribution in [0.4, 0.5) is 15.8 Å². The van der Waals surface area contributed by atoms with Crippen LogP contribution in [0.15, 0.2) is 36.4 Å². The Kier molecular flexibility index (Phi) is 4.29. The summed E-state index contributed by atoms with van der Waals surface area (Å²) in [5, 5.41) is 13.8. The van der Waals surface area contributed by atoms with Gasteiger partial charge in [0.15, 0.2) is 0 Å². The van der Waals surface area contributed by atoms with Crippen LogP contribution in [0, 0.1) is 15.9 Å². The zero-order valence-electron chi connectivity index (χ0n) is 13.0. The molecule has 0 fully saturated rings. The molecule has 0 aliphatic rings. The van der Waals surface area contributed by atoms with Crippen LogP contribution in [-0.4, -0.2) is 27.3 Å². The van der Waals surface area contributed by atoms with Crippen molar-refractivity contribution in [2.24, 2.45) is 5.73 Å². The minimum absolute atomic E-state index is 0.0425. The topological polar surface area (TPSA) is 127 Å². The summed E-state index contributed by atoms with van der Waals surface area (Å²) < 4.78 is 13.2. The van der Waals surface area contributed by atoms with Gasteiger partial charge in [0, 0.05) is 30.8 Å². The maximum atomic E-state index is 13.2. The first kappa shape index (κ1) is 16.4. The van der Waals surface area contributed by atoms with Gasteiger partial charge < -0.3 is 16.0 Å². The summed E-state index contributed by atoms with van der Waals surface area (Å²) in [6.45, 7) is 0.403. The van der Waals surface area contributed by atoms with Crippen LogP contribution >= 0.6 is 0 Å². The molecular formula is C16H14FN5O3. The van der Waals surface area contributed by atoms with Crippen molar-refractivity contribution >= 4 is 28.3 Å².